The number of nitrogens with zero attached hydrogens (tertiary/aromatic N) is 2. The van der Waals surface area contributed by atoms with E-state index < -0.39 is 0 Å². The van der Waals surface area contributed by atoms with Gasteiger partial charge in [0.05, 0.1) is 21.0 Å². The Kier molecular flexibility index (Phi) is 5.33. The van der Waals surface area contributed by atoms with Crippen molar-refractivity contribution in [3.05, 3.63) is 47.5 Å². The van der Waals surface area contributed by atoms with Crippen LogP contribution in [-0.2, 0) is 4.79 Å². The number of amides is 1. The normalized spacial score (nSPS) is 16.9. The van der Waals surface area contributed by atoms with Gasteiger partial charge in [-0.3, -0.25) is 4.79 Å². The highest BCUT2D eigenvalue weighted by Gasteiger charge is 2.26. The summed E-state index contributed by atoms with van der Waals surface area (Å²) in [7, 11) is 0. The van der Waals surface area contributed by atoms with E-state index in [4.69, 9.17) is 14.5 Å². The maximum absolute atomic E-state index is 12.7. The fourth-order valence-corrected chi connectivity index (χ4v) is 5.75. The number of para-hydroxylation sites is 1. The van der Waals surface area contributed by atoms with Gasteiger partial charge in [0, 0.05) is 23.9 Å². The molecule has 3 aromatic rings. The van der Waals surface area contributed by atoms with Crippen molar-refractivity contribution < 1.29 is 14.3 Å². The van der Waals surface area contributed by atoms with Crippen LogP contribution in [-0.4, -0.2) is 47.8 Å². The molecule has 1 saturated heterocycles. The van der Waals surface area contributed by atoms with Crippen LogP contribution in [0, 0.1) is 0 Å². The first kappa shape index (κ1) is 18.8. The van der Waals surface area contributed by atoms with E-state index in [-0.39, 0.29) is 5.91 Å². The summed E-state index contributed by atoms with van der Waals surface area (Å²) in [5.74, 6) is 2.66. The lowest BCUT2D eigenvalue weighted by Gasteiger charge is -2.31. The molecule has 7 heteroatoms. The monoisotopic (exact) mass is 426 g/mol. The third-order valence-electron chi connectivity index (χ3n) is 5.38. The van der Waals surface area contributed by atoms with E-state index in [1.54, 1.807) is 23.1 Å². The molecule has 3 heterocycles. The molecule has 2 aromatic carbocycles. The minimum absolute atomic E-state index is 0.202. The largest absolute Gasteiger partial charge is 0.486 e. The van der Waals surface area contributed by atoms with E-state index in [2.05, 4.69) is 18.2 Å². The zero-order valence-corrected chi connectivity index (χ0v) is 17.6. The van der Waals surface area contributed by atoms with Crippen LogP contribution in [0.4, 0.5) is 0 Å². The molecule has 0 spiro atoms. The molecule has 0 bridgehead atoms. The smallest absolute Gasteiger partial charge is 0.232 e. The molecular weight excluding hydrogens is 404 g/mol. The molecule has 5 nitrogen and oxygen atoms in total. The molecule has 2 aliphatic heterocycles. The number of aromatic nitrogens is 1. The number of piperidine rings is 1. The van der Waals surface area contributed by atoms with Crippen molar-refractivity contribution in [1.82, 2.24) is 9.88 Å². The minimum atomic E-state index is 0.202. The lowest BCUT2D eigenvalue weighted by molar-refractivity contribution is -0.129. The van der Waals surface area contributed by atoms with Crippen molar-refractivity contribution in [2.45, 2.75) is 23.7 Å². The number of thioether (sulfide) groups is 1. The van der Waals surface area contributed by atoms with E-state index in [0.717, 1.165) is 47.8 Å². The Hall–Kier alpha value is -2.25. The predicted octanol–water partition coefficient (Wildman–Crippen LogP) is 4.57. The molecule has 0 atom stereocenters. The quantitative estimate of drug-likeness (QED) is 0.572. The summed E-state index contributed by atoms with van der Waals surface area (Å²) in [6.07, 6.45) is 1.97. The van der Waals surface area contributed by atoms with Gasteiger partial charge in [0.25, 0.3) is 0 Å². The molecule has 1 fully saturated rings. The first-order chi connectivity index (χ1) is 14.3. The number of hydrogen-bond donors (Lipinski definition) is 0. The Labute approximate surface area is 178 Å². The van der Waals surface area contributed by atoms with E-state index in [1.807, 2.05) is 29.2 Å². The highest BCUT2D eigenvalue weighted by atomic mass is 32.2. The molecule has 150 valence electrons. The van der Waals surface area contributed by atoms with Gasteiger partial charge < -0.3 is 14.4 Å². The highest BCUT2D eigenvalue weighted by Crippen LogP contribution is 2.36. The highest BCUT2D eigenvalue weighted by molar-refractivity contribution is 8.00. The topological polar surface area (TPSA) is 51.7 Å². The second kappa shape index (κ2) is 8.24. The summed E-state index contributed by atoms with van der Waals surface area (Å²) in [5.41, 5.74) is 1.09. The van der Waals surface area contributed by atoms with Crippen molar-refractivity contribution >= 4 is 39.2 Å². The van der Waals surface area contributed by atoms with Gasteiger partial charge in [-0.25, -0.2) is 4.98 Å². The summed E-state index contributed by atoms with van der Waals surface area (Å²) in [6.45, 7) is 2.77. The Balaban J connectivity index is 1.15. The van der Waals surface area contributed by atoms with Crippen molar-refractivity contribution in [2.24, 2.45) is 0 Å². The van der Waals surface area contributed by atoms with E-state index in [9.17, 15) is 4.79 Å². The first-order valence-electron chi connectivity index (χ1n) is 9.92. The van der Waals surface area contributed by atoms with Crippen molar-refractivity contribution in [3.8, 4) is 11.5 Å². The molecule has 2 aliphatic rings. The lowest BCUT2D eigenvalue weighted by Crippen LogP contribution is -2.38. The summed E-state index contributed by atoms with van der Waals surface area (Å²) < 4.78 is 12.4. The summed E-state index contributed by atoms with van der Waals surface area (Å²) in [6, 6.07) is 14.2. The second-order valence-corrected chi connectivity index (χ2v) is 9.38. The molecule has 29 heavy (non-hydrogen) atoms. The number of hydrogen-bond acceptors (Lipinski definition) is 6. The Morgan fingerprint density at radius 3 is 2.72 bits per heavy atom. The number of benzene rings is 2. The van der Waals surface area contributed by atoms with Crippen LogP contribution in [0.2, 0.25) is 0 Å². The number of likely N-dealkylation sites (tertiary alicyclic amines) is 1. The van der Waals surface area contributed by atoms with Gasteiger partial charge in [0.15, 0.2) is 11.5 Å². The van der Waals surface area contributed by atoms with Gasteiger partial charge in [-0.2, -0.15) is 0 Å². The van der Waals surface area contributed by atoms with Crippen molar-refractivity contribution in [1.29, 1.82) is 0 Å². The van der Waals surface area contributed by atoms with Gasteiger partial charge in [-0.05, 0) is 43.2 Å². The molecule has 1 aromatic heterocycles. The summed E-state index contributed by atoms with van der Waals surface area (Å²) >= 11 is 3.35. The molecule has 0 unspecified atom stereocenters. The number of rotatable bonds is 4. The fourth-order valence-electron chi connectivity index (χ4n) is 3.79. The number of fused-ring (bicyclic) bond motifs is 2. The maximum atomic E-state index is 12.7. The molecule has 0 radical (unpaired) electrons. The third-order valence-corrected chi connectivity index (χ3v) is 7.56. The first-order valence-corrected chi connectivity index (χ1v) is 11.7. The van der Waals surface area contributed by atoms with Crippen LogP contribution >= 0.6 is 23.1 Å². The zero-order chi connectivity index (χ0) is 19.6. The van der Waals surface area contributed by atoms with Crippen LogP contribution in [0.25, 0.3) is 10.2 Å². The molecule has 0 aliphatic carbocycles. The van der Waals surface area contributed by atoms with Crippen LogP contribution < -0.4 is 9.47 Å². The standard InChI is InChI=1S/C22H22N2O3S2/c25-21(14-28-16-5-6-18-19(13-16)27-12-11-26-18)24-9-7-15(8-10-24)22-23-17-3-1-2-4-20(17)29-22/h1-6,13,15H,7-12,14H2. The van der Waals surface area contributed by atoms with Crippen molar-refractivity contribution in [2.75, 3.05) is 32.1 Å². The molecule has 5 rings (SSSR count). The average molecular weight is 427 g/mol. The number of carbonyl (C=O) groups is 1. The average Bonchev–Trinajstić information content (AvgIpc) is 3.22. The second-order valence-electron chi connectivity index (χ2n) is 7.27. The molecule has 0 saturated carbocycles. The van der Waals surface area contributed by atoms with E-state index in [1.165, 1.54) is 9.71 Å². The molecular formula is C22H22N2O3S2. The minimum Gasteiger partial charge on any atom is -0.486 e. The SMILES string of the molecule is O=C(CSc1ccc2c(c1)OCCO2)N1CCC(c2nc3ccccc3s2)CC1. The van der Waals surface area contributed by atoms with E-state index >= 15 is 0 Å². The van der Waals surface area contributed by atoms with E-state index in [0.29, 0.717) is 24.9 Å². The lowest BCUT2D eigenvalue weighted by atomic mass is 9.97. The van der Waals surface area contributed by atoms with Crippen LogP contribution in [0.15, 0.2) is 47.4 Å². The Morgan fingerprint density at radius 1 is 1.10 bits per heavy atom. The van der Waals surface area contributed by atoms with Crippen LogP contribution in [0.1, 0.15) is 23.8 Å². The number of carbonyl (C=O) groups excluding carboxylic acids is 1. The third kappa shape index (κ3) is 4.07. The van der Waals surface area contributed by atoms with Crippen LogP contribution in [0.5, 0.6) is 11.5 Å². The summed E-state index contributed by atoms with van der Waals surface area (Å²) in [4.78, 5) is 20.5. The summed E-state index contributed by atoms with van der Waals surface area (Å²) in [5, 5.41) is 1.21. The predicted molar refractivity (Wildman–Crippen MR) is 116 cm³/mol. The van der Waals surface area contributed by atoms with Gasteiger partial charge in [0.1, 0.15) is 13.2 Å². The van der Waals surface area contributed by atoms with Gasteiger partial charge in [-0.15, -0.1) is 23.1 Å². The van der Waals surface area contributed by atoms with Gasteiger partial charge in [0.2, 0.25) is 5.91 Å². The van der Waals surface area contributed by atoms with Crippen molar-refractivity contribution in [3.63, 3.8) is 0 Å². The number of ether oxygens (including phenoxy) is 2. The zero-order valence-electron chi connectivity index (χ0n) is 16.0. The Bertz CT molecular complexity index is 995. The maximum Gasteiger partial charge on any atom is 0.232 e. The molecule has 1 amide bonds. The molecule has 0 N–H and O–H groups in total. The fraction of sp³-hybridized carbons (Fsp3) is 0.364. The number of thiazole rings is 1. The Morgan fingerprint density at radius 2 is 1.90 bits per heavy atom. The van der Waals surface area contributed by atoms with Gasteiger partial charge >= 0.3 is 0 Å². The van der Waals surface area contributed by atoms with Gasteiger partial charge in [-0.1, -0.05) is 12.1 Å². The van der Waals surface area contributed by atoms with Crippen LogP contribution in [0.3, 0.4) is 0 Å².